The summed E-state index contributed by atoms with van der Waals surface area (Å²) in [6.45, 7) is 3.07. The van der Waals surface area contributed by atoms with E-state index in [1.807, 2.05) is 6.92 Å². The van der Waals surface area contributed by atoms with Crippen LogP contribution in [-0.2, 0) is 0 Å². The van der Waals surface area contributed by atoms with Crippen molar-refractivity contribution in [2.24, 2.45) is 0 Å². The zero-order valence-corrected chi connectivity index (χ0v) is 7.01. The second-order valence-electron chi connectivity index (χ2n) is 2.50. The number of rotatable bonds is 6. The summed E-state index contributed by atoms with van der Waals surface area (Å²) in [7, 11) is 0. The summed E-state index contributed by atoms with van der Waals surface area (Å²) < 4.78 is 0. The predicted octanol–water partition coefficient (Wildman–Crippen LogP) is 0.651. The molecule has 0 heterocycles. The van der Waals surface area contributed by atoms with Gasteiger partial charge in [0.2, 0.25) is 0 Å². The Balaban J connectivity index is 3.30. The van der Waals surface area contributed by atoms with Crippen molar-refractivity contribution in [2.75, 3.05) is 13.2 Å². The van der Waals surface area contributed by atoms with Crippen LogP contribution in [0.2, 0.25) is 0 Å². The monoisotopic (exact) mass is 156 g/mol. The molecule has 0 fully saturated rings. The summed E-state index contributed by atoms with van der Waals surface area (Å²) in [4.78, 5) is 0. The molecule has 0 saturated carbocycles. The van der Waals surface area contributed by atoms with Gasteiger partial charge in [-0.15, -0.1) is 0 Å². The molecular weight excluding hydrogens is 140 g/mol. The highest BCUT2D eigenvalue weighted by atomic mass is 16.3. The van der Waals surface area contributed by atoms with E-state index < -0.39 is 0 Å². The minimum atomic E-state index is 0.218. The number of aliphatic hydroxyl groups is 1. The Morgan fingerprint density at radius 2 is 2.36 bits per heavy atom. The van der Waals surface area contributed by atoms with Gasteiger partial charge in [-0.2, -0.15) is 5.26 Å². The van der Waals surface area contributed by atoms with E-state index in [1.54, 1.807) is 0 Å². The third kappa shape index (κ3) is 5.84. The van der Waals surface area contributed by atoms with Crippen molar-refractivity contribution in [1.29, 1.82) is 5.26 Å². The molecule has 0 aliphatic rings. The van der Waals surface area contributed by atoms with E-state index in [-0.39, 0.29) is 6.61 Å². The summed E-state index contributed by atoms with van der Waals surface area (Å²) in [6, 6.07) is 2.42. The van der Waals surface area contributed by atoms with Crippen LogP contribution in [0, 0.1) is 11.3 Å². The SMILES string of the molecule is CCC(CC#N)NCCCO. The van der Waals surface area contributed by atoms with Gasteiger partial charge in [0.1, 0.15) is 0 Å². The summed E-state index contributed by atoms with van der Waals surface area (Å²) >= 11 is 0. The predicted molar refractivity (Wildman–Crippen MR) is 44.0 cm³/mol. The van der Waals surface area contributed by atoms with Crippen LogP contribution in [0.15, 0.2) is 0 Å². The van der Waals surface area contributed by atoms with Crippen molar-refractivity contribution >= 4 is 0 Å². The molecule has 11 heavy (non-hydrogen) atoms. The van der Waals surface area contributed by atoms with Crippen molar-refractivity contribution in [3.05, 3.63) is 0 Å². The Bertz CT molecular complexity index is 120. The van der Waals surface area contributed by atoms with Crippen molar-refractivity contribution in [1.82, 2.24) is 5.32 Å². The van der Waals surface area contributed by atoms with E-state index in [4.69, 9.17) is 10.4 Å². The first-order chi connectivity index (χ1) is 5.35. The summed E-state index contributed by atoms with van der Waals surface area (Å²) in [6.07, 6.45) is 2.29. The van der Waals surface area contributed by atoms with Crippen molar-refractivity contribution < 1.29 is 5.11 Å². The fraction of sp³-hybridized carbons (Fsp3) is 0.875. The summed E-state index contributed by atoms with van der Waals surface area (Å²) in [5.74, 6) is 0. The minimum absolute atomic E-state index is 0.218. The van der Waals surface area contributed by atoms with Crippen LogP contribution in [0.25, 0.3) is 0 Å². The van der Waals surface area contributed by atoms with Gasteiger partial charge in [-0.25, -0.2) is 0 Å². The molecule has 1 unspecified atom stereocenters. The minimum Gasteiger partial charge on any atom is -0.396 e. The molecule has 3 nitrogen and oxygen atoms in total. The van der Waals surface area contributed by atoms with Gasteiger partial charge in [0.05, 0.1) is 12.5 Å². The Hall–Kier alpha value is -0.590. The van der Waals surface area contributed by atoms with Gasteiger partial charge in [0.25, 0.3) is 0 Å². The zero-order chi connectivity index (χ0) is 8.53. The van der Waals surface area contributed by atoms with Crippen LogP contribution in [0.3, 0.4) is 0 Å². The Morgan fingerprint density at radius 1 is 1.64 bits per heavy atom. The van der Waals surface area contributed by atoms with Gasteiger partial charge < -0.3 is 10.4 Å². The quantitative estimate of drug-likeness (QED) is 0.555. The van der Waals surface area contributed by atoms with E-state index >= 15 is 0 Å². The van der Waals surface area contributed by atoms with E-state index in [1.165, 1.54) is 0 Å². The Labute approximate surface area is 68.0 Å². The highest BCUT2D eigenvalue weighted by Gasteiger charge is 2.02. The maximum absolute atomic E-state index is 8.48. The van der Waals surface area contributed by atoms with Gasteiger partial charge in [-0.05, 0) is 19.4 Å². The Morgan fingerprint density at radius 3 is 2.82 bits per heavy atom. The summed E-state index contributed by atoms with van der Waals surface area (Å²) in [5.41, 5.74) is 0. The maximum Gasteiger partial charge on any atom is 0.0638 e. The molecule has 0 radical (unpaired) electrons. The van der Waals surface area contributed by atoms with Crippen LogP contribution < -0.4 is 5.32 Å². The fourth-order valence-electron chi connectivity index (χ4n) is 0.856. The number of hydrogen-bond donors (Lipinski definition) is 2. The molecule has 1 atom stereocenters. The molecule has 0 spiro atoms. The van der Waals surface area contributed by atoms with Crippen molar-refractivity contribution in [3.8, 4) is 6.07 Å². The third-order valence-corrected chi connectivity index (χ3v) is 1.60. The largest absolute Gasteiger partial charge is 0.396 e. The van der Waals surface area contributed by atoms with E-state index in [0.29, 0.717) is 12.5 Å². The normalized spacial score (nSPS) is 12.5. The molecule has 64 valence electrons. The lowest BCUT2D eigenvalue weighted by molar-refractivity contribution is 0.282. The van der Waals surface area contributed by atoms with Gasteiger partial charge >= 0.3 is 0 Å². The highest BCUT2D eigenvalue weighted by Crippen LogP contribution is 1.95. The topological polar surface area (TPSA) is 56.0 Å². The van der Waals surface area contributed by atoms with E-state index in [2.05, 4.69) is 11.4 Å². The van der Waals surface area contributed by atoms with Gasteiger partial charge in [0, 0.05) is 12.6 Å². The fourth-order valence-corrected chi connectivity index (χ4v) is 0.856. The lowest BCUT2D eigenvalue weighted by atomic mass is 10.1. The van der Waals surface area contributed by atoms with Gasteiger partial charge in [0.15, 0.2) is 0 Å². The lowest BCUT2D eigenvalue weighted by Gasteiger charge is -2.11. The van der Waals surface area contributed by atoms with Crippen LogP contribution in [-0.4, -0.2) is 24.3 Å². The number of nitrogens with zero attached hydrogens (tertiary/aromatic N) is 1. The zero-order valence-electron chi connectivity index (χ0n) is 7.01. The van der Waals surface area contributed by atoms with Crippen LogP contribution in [0.5, 0.6) is 0 Å². The smallest absolute Gasteiger partial charge is 0.0638 e. The molecule has 3 heteroatoms. The number of nitriles is 1. The second-order valence-corrected chi connectivity index (χ2v) is 2.50. The average molecular weight is 156 g/mol. The lowest BCUT2D eigenvalue weighted by Crippen LogP contribution is -2.29. The molecule has 2 N–H and O–H groups in total. The highest BCUT2D eigenvalue weighted by molar-refractivity contribution is 4.79. The second kappa shape index (κ2) is 7.52. The van der Waals surface area contributed by atoms with Crippen LogP contribution in [0.1, 0.15) is 26.2 Å². The Kier molecular flexibility index (Phi) is 7.11. The molecule has 0 rings (SSSR count). The van der Waals surface area contributed by atoms with Crippen LogP contribution >= 0.6 is 0 Å². The molecule has 0 amide bonds. The molecule has 0 bridgehead atoms. The van der Waals surface area contributed by atoms with Crippen LogP contribution in [0.4, 0.5) is 0 Å². The molecule has 0 aromatic carbocycles. The van der Waals surface area contributed by atoms with Gasteiger partial charge in [-0.1, -0.05) is 6.92 Å². The number of aliphatic hydroxyl groups excluding tert-OH is 1. The van der Waals surface area contributed by atoms with Crippen molar-refractivity contribution in [2.45, 2.75) is 32.2 Å². The van der Waals surface area contributed by atoms with E-state index in [9.17, 15) is 0 Å². The molecule has 0 saturated heterocycles. The van der Waals surface area contributed by atoms with Gasteiger partial charge in [-0.3, -0.25) is 0 Å². The summed E-state index contributed by atoms with van der Waals surface area (Å²) in [5, 5.41) is 20.1. The molecular formula is C8H16N2O. The third-order valence-electron chi connectivity index (χ3n) is 1.60. The number of nitrogens with one attached hydrogen (secondary N) is 1. The molecule has 0 aromatic rings. The first-order valence-corrected chi connectivity index (χ1v) is 4.06. The molecule has 0 aliphatic carbocycles. The first kappa shape index (κ1) is 10.4. The average Bonchev–Trinajstić information content (AvgIpc) is 2.03. The number of hydrogen-bond acceptors (Lipinski definition) is 3. The first-order valence-electron chi connectivity index (χ1n) is 4.06. The van der Waals surface area contributed by atoms with Crippen molar-refractivity contribution in [3.63, 3.8) is 0 Å². The standard InChI is InChI=1S/C8H16N2O/c1-2-8(4-5-9)10-6-3-7-11/h8,10-11H,2-4,6-7H2,1H3. The molecule has 0 aliphatic heterocycles. The molecule has 0 aromatic heterocycles. The van der Waals surface area contributed by atoms with E-state index in [0.717, 1.165) is 19.4 Å². The maximum atomic E-state index is 8.48.